The van der Waals surface area contributed by atoms with Gasteiger partial charge >= 0.3 is 5.97 Å². The van der Waals surface area contributed by atoms with Crippen LogP contribution in [0, 0.1) is 5.82 Å². The van der Waals surface area contributed by atoms with Gasteiger partial charge in [-0.3, -0.25) is 0 Å². The van der Waals surface area contributed by atoms with Crippen molar-refractivity contribution in [3.05, 3.63) is 41.9 Å². The summed E-state index contributed by atoms with van der Waals surface area (Å²) in [4.78, 5) is 11.3. The monoisotopic (exact) mass is 221 g/mol. The van der Waals surface area contributed by atoms with Gasteiger partial charge in [0.1, 0.15) is 23.3 Å². The highest BCUT2D eigenvalue weighted by Crippen LogP contribution is 2.22. The van der Waals surface area contributed by atoms with Crippen molar-refractivity contribution in [1.82, 2.24) is 5.16 Å². The quantitative estimate of drug-likeness (QED) is 0.730. The molecule has 4 nitrogen and oxygen atoms in total. The van der Waals surface area contributed by atoms with Gasteiger partial charge in [0.25, 0.3) is 0 Å². The van der Waals surface area contributed by atoms with Crippen LogP contribution in [0.3, 0.4) is 0 Å². The standard InChI is InChI=1S/C11H8FNO3/c1-15-11(14)9-6-16-13-10(9)7-2-4-8(12)5-3-7/h2-6H,1H3. The number of carbonyl (C=O) groups excluding carboxylic acids is 1. The number of carbonyl (C=O) groups is 1. The second kappa shape index (κ2) is 4.14. The van der Waals surface area contributed by atoms with Crippen molar-refractivity contribution >= 4 is 5.97 Å². The van der Waals surface area contributed by atoms with Crippen molar-refractivity contribution in [2.75, 3.05) is 7.11 Å². The first kappa shape index (κ1) is 10.4. The van der Waals surface area contributed by atoms with Gasteiger partial charge in [0, 0.05) is 5.56 Å². The molecule has 0 radical (unpaired) electrons. The van der Waals surface area contributed by atoms with E-state index in [9.17, 15) is 9.18 Å². The Morgan fingerprint density at radius 2 is 2.06 bits per heavy atom. The normalized spacial score (nSPS) is 10.1. The van der Waals surface area contributed by atoms with E-state index >= 15 is 0 Å². The van der Waals surface area contributed by atoms with Gasteiger partial charge in [0.05, 0.1) is 7.11 Å². The fourth-order valence-corrected chi connectivity index (χ4v) is 1.31. The number of hydrogen-bond acceptors (Lipinski definition) is 4. The topological polar surface area (TPSA) is 52.3 Å². The van der Waals surface area contributed by atoms with E-state index in [0.29, 0.717) is 11.3 Å². The van der Waals surface area contributed by atoms with E-state index in [2.05, 4.69) is 9.89 Å². The number of aromatic nitrogens is 1. The summed E-state index contributed by atoms with van der Waals surface area (Å²) < 4.78 is 22.0. The van der Waals surface area contributed by atoms with E-state index in [1.165, 1.54) is 37.6 Å². The highest BCUT2D eigenvalue weighted by atomic mass is 19.1. The molecular formula is C11H8FNO3. The summed E-state index contributed by atoms with van der Waals surface area (Å²) in [6.07, 6.45) is 1.20. The molecule has 0 aliphatic carbocycles. The third-order valence-electron chi connectivity index (χ3n) is 2.09. The molecule has 1 aromatic carbocycles. The van der Waals surface area contributed by atoms with Gasteiger partial charge in [-0.25, -0.2) is 9.18 Å². The molecule has 0 bridgehead atoms. The third-order valence-corrected chi connectivity index (χ3v) is 2.09. The molecule has 1 heterocycles. The van der Waals surface area contributed by atoms with Crippen LogP contribution in [0.1, 0.15) is 10.4 Å². The fraction of sp³-hybridized carbons (Fsp3) is 0.0909. The molecule has 0 atom stereocenters. The predicted molar refractivity (Wildman–Crippen MR) is 53.2 cm³/mol. The van der Waals surface area contributed by atoms with Crippen LogP contribution in [0.25, 0.3) is 11.3 Å². The average molecular weight is 221 g/mol. The number of hydrogen-bond donors (Lipinski definition) is 0. The van der Waals surface area contributed by atoms with Gasteiger partial charge in [-0.2, -0.15) is 0 Å². The van der Waals surface area contributed by atoms with E-state index in [-0.39, 0.29) is 11.4 Å². The van der Waals surface area contributed by atoms with Crippen LogP contribution in [0.15, 0.2) is 35.1 Å². The molecule has 0 saturated heterocycles. The number of esters is 1. The summed E-state index contributed by atoms with van der Waals surface area (Å²) in [6, 6.07) is 5.59. The Balaban J connectivity index is 2.44. The molecule has 2 aromatic rings. The highest BCUT2D eigenvalue weighted by molar-refractivity contribution is 5.95. The van der Waals surface area contributed by atoms with Gasteiger partial charge < -0.3 is 9.26 Å². The van der Waals surface area contributed by atoms with Gasteiger partial charge in [0.2, 0.25) is 0 Å². The molecule has 0 spiro atoms. The largest absolute Gasteiger partial charge is 0.465 e. The second-order valence-electron chi connectivity index (χ2n) is 3.08. The Kier molecular flexibility index (Phi) is 2.68. The maximum Gasteiger partial charge on any atom is 0.343 e. The van der Waals surface area contributed by atoms with Crippen LogP contribution in [-0.4, -0.2) is 18.2 Å². The third kappa shape index (κ3) is 1.79. The predicted octanol–water partition coefficient (Wildman–Crippen LogP) is 2.27. The number of nitrogens with zero attached hydrogens (tertiary/aromatic N) is 1. The number of methoxy groups -OCH3 is 1. The number of benzene rings is 1. The maximum atomic E-state index is 12.7. The van der Waals surface area contributed by atoms with Gasteiger partial charge in [0.15, 0.2) is 0 Å². The Morgan fingerprint density at radius 3 is 2.69 bits per heavy atom. The van der Waals surface area contributed by atoms with Crippen LogP contribution in [-0.2, 0) is 4.74 Å². The van der Waals surface area contributed by atoms with Crippen molar-refractivity contribution in [3.8, 4) is 11.3 Å². The lowest BCUT2D eigenvalue weighted by atomic mass is 10.1. The lowest BCUT2D eigenvalue weighted by molar-refractivity contribution is 0.0600. The van der Waals surface area contributed by atoms with Crippen LogP contribution < -0.4 is 0 Å². The van der Waals surface area contributed by atoms with Crippen LogP contribution in [0.2, 0.25) is 0 Å². The van der Waals surface area contributed by atoms with Crippen molar-refractivity contribution in [2.24, 2.45) is 0 Å². The van der Waals surface area contributed by atoms with Crippen molar-refractivity contribution in [3.63, 3.8) is 0 Å². The summed E-state index contributed by atoms with van der Waals surface area (Å²) in [5.41, 5.74) is 1.15. The summed E-state index contributed by atoms with van der Waals surface area (Å²) in [6.45, 7) is 0. The SMILES string of the molecule is COC(=O)c1conc1-c1ccc(F)cc1. The van der Waals surface area contributed by atoms with Gasteiger partial charge in [-0.1, -0.05) is 5.16 Å². The van der Waals surface area contributed by atoms with E-state index in [1.807, 2.05) is 0 Å². The zero-order valence-corrected chi connectivity index (χ0v) is 8.44. The molecule has 0 N–H and O–H groups in total. The molecule has 0 amide bonds. The first-order valence-electron chi connectivity index (χ1n) is 4.51. The van der Waals surface area contributed by atoms with E-state index in [1.54, 1.807) is 0 Å². The minimum Gasteiger partial charge on any atom is -0.465 e. The molecule has 0 aliphatic heterocycles. The summed E-state index contributed by atoms with van der Waals surface area (Å²) in [7, 11) is 1.27. The molecule has 16 heavy (non-hydrogen) atoms. The Bertz CT molecular complexity index is 504. The van der Waals surface area contributed by atoms with Crippen molar-refractivity contribution in [2.45, 2.75) is 0 Å². The van der Waals surface area contributed by atoms with E-state index in [4.69, 9.17) is 4.52 Å². The molecular weight excluding hydrogens is 213 g/mol. The molecule has 0 fully saturated rings. The molecule has 1 aromatic heterocycles. The van der Waals surface area contributed by atoms with E-state index in [0.717, 1.165) is 0 Å². The first-order valence-corrected chi connectivity index (χ1v) is 4.51. The molecule has 2 rings (SSSR count). The molecule has 5 heteroatoms. The van der Waals surface area contributed by atoms with E-state index < -0.39 is 5.97 Å². The first-order chi connectivity index (χ1) is 7.72. The molecule has 0 aliphatic rings. The molecule has 0 saturated carbocycles. The van der Waals surface area contributed by atoms with Crippen molar-refractivity contribution in [1.29, 1.82) is 0 Å². The fourth-order valence-electron chi connectivity index (χ4n) is 1.31. The Labute approximate surface area is 90.6 Å². The Hall–Kier alpha value is -2.17. The van der Waals surface area contributed by atoms with Crippen LogP contribution in [0.5, 0.6) is 0 Å². The number of halogens is 1. The summed E-state index contributed by atoms with van der Waals surface area (Å²) >= 11 is 0. The maximum absolute atomic E-state index is 12.7. The average Bonchev–Trinajstić information content (AvgIpc) is 2.78. The molecule has 82 valence electrons. The van der Waals surface area contributed by atoms with Crippen LogP contribution in [0.4, 0.5) is 4.39 Å². The van der Waals surface area contributed by atoms with Crippen molar-refractivity contribution < 1.29 is 18.4 Å². The zero-order chi connectivity index (χ0) is 11.5. The lowest BCUT2D eigenvalue weighted by Crippen LogP contribution is -2.01. The Morgan fingerprint density at radius 1 is 1.38 bits per heavy atom. The number of ether oxygens (including phenoxy) is 1. The summed E-state index contributed by atoms with van der Waals surface area (Å²) in [5.74, 6) is -0.896. The summed E-state index contributed by atoms with van der Waals surface area (Å²) in [5, 5.41) is 3.69. The highest BCUT2D eigenvalue weighted by Gasteiger charge is 2.17. The second-order valence-corrected chi connectivity index (χ2v) is 3.08. The van der Waals surface area contributed by atoms with Gasteiger partial charge in [-0.15, -0.1) is 0 Å². The minimum absolute atomic E-state index is 0.217. The smallest absolute Gasteiger partial charge is 0.343 e. The van der Waals surface area contributed by atoms with Crippen LogP contribution >= 0.6 is 0 Å². The van der Waals surface area contributed by atoms with Gasteiger partial charge in [-0.05, 0) is 24.3 Å². The molecule has 0 unspecified atom stereocenters. The number of rotatable bonds is 2. The lowest BCUT2D eigenvalue weighted by Gasteiger charge is -1.99. The zero-order valence-electron chi connectivity index (χ0n) is 8.44. The minimum atomic E-state index is -0.541.